The molecule has 0 amide bonds. The number of anilines is 1. The van der Waals surface area contributed by atoms with Crippen molar-refractivity contribution in [2.45, 2.75) is 45.1 Å². The van der Waals surface area contributed by atoms with Gasteiger partial charge in [-0.25, -0.2) is 4.98 Å². The second kappa shape index (κ2) is 10.5. The molecule has 5 rings (SSSR count). The highest BCUT2D eigenvalue weighted by molar-refractivity contribution is 6.32. The quantitative estimate of drug-likeness (QED) is 0.520. The van der Waals surface area contributed by atoms with Crippen LogP contribution in [0.15, 0.2) is 36.7 Å². The third-order valence-corrected chi connectivity index (χ3v) is 7.76. The van der Waals surface area contributed by atoms with Crippen molar-refractivity contribution in [3.63, 3.8) is 0 Å². The average Bonchev–Trinajstić information content (AvgIpc) is 3.15. The van der Waals surface area contributed by atoms with E-state index in [4.69, 9.17) is 21.3 Å². The number of benzene rings is 1. The summed E-state index contributed by atoms with van der Waals surface area (Å²) in [5, 5.41) is 10.4. The second-order valence-electron chi connectivity index (χ2n) is 9.72. The number of hydrogen-bond acceptors (Lipinski definition) is 5. The lowest BCUT2D eigenvalue weighted by Gasteiger charge is -2.29. The van der Waals surface area contributed by atoms with E-state index in [-0.39, 0.29) is 6.61 Å². The molecule has 1 aliphatic heterocycles. The van der Waals surface area contributed by atoms with Crippen molar-refractivity contribution in [1.29, 1.82) is 0 Å². The minimum atomic E-state index is -0.104. The van der Waals surface area contributed by atoms with Gasteiger partial charge in [0.05, 0.1) is 24.4 Å². The lowest BCUT2D eigenvalue weighted by atomic mass is 9.89. The predicted molar refractivity (Wildman–Crippen MR) is 138 cm³/mol. The van der Waals surface area contributed by atoms with Crippen LogP contribution >= 0.6 is 11.6 Å². The number of halogens is 1. The topological polar surface area (TPSA) is 53.2 Å². The fourth-order valence-corrected chi connectivity index (χ4v) is 5.81. The van der Waals surface area contributed by atoms with Crippen molar-refractivity contribution >= 4 is 22.9 Å². The van der Waals surface area contributed by atoms with Crippen molar-refractivity contribution in [3.05, 3.63) is 47.2 Å². The van der Waals surface area contributed by atoms with Gasteiger partial charge in [0.25, 0.3) is 0 Å². The maximum Gasteiger partial charge on any atom is 0.139 e. The van der Waals surface area contributed by atoms with E-state index in [0.29, 0.717) is 10.8 Å². The number of aliphatic hydroxyl groups is 1. The van der Waals surface area contributed by atoms with Crippen LogP contribution in [0.5, 0.6) is 5.75 Å². The molecule has 2 fully saturated rings. The highest BCUT2D eigenvalue weighted by atomic mass is 35.5. The van der Waals surface area contributed by atoms with E-state index in [1.54, 1.807) is 13.2 Å². The maximum absolute atomic E-state index is 9.89. The van der Waals surface area contributed by atoms with Crippen molar-refractivity contribution < 1.29 is 9.84 Å². The molecule has 2 aromatic heterocycles. The average molecular weight is 483 g/mol. The Morgan fingerprint density at radius 3 is 2.71 bits per heavy atom. The minimum absolute atomic E-state index is 0.104. The largest absolute Gasteiger partial charge is 0.495 e. The van der Waals surface area contributed by atoms with E-state index in [9.17, 15) is 5.11 Å². The van der Waals surface area contributed by atoms with Gasteiger partial charge in [0.2, 0.25) is 0 Å². The summed E-state index contributed by atoms with van der Waals surface area (Å²) < 4.78 is 7.34. The summed E-state index contributed by atoms with van der Waals surface area (Å²) in [6.45, 7) is 5.63. The number of nitrogens with zero attached hydrogens (tertiary/aromatic N) is 4. The molecule has 1 aromatic carbocycles. The van der Waals surface area contributed by atoms with E-state index in [1.165, 1.54) is 57.3 Å². The summed E-state index contributed by atoms with van der Waals surface area (Å²) in [6.07, 6.45) is 12.4. The summed E-state index contributed by atoms with van der Waals surface area (Å²) in [7, 11) is 1.58. The van der Waals surface area contributed by atoms with Gasteiger partial charge >= 0.3 is 0 Å². The van der Waals surface area contributed by atoms with Crippen LogP contribution in [0.3, 0.4) is 0 Å². The zero-order valence-corrected chi connectivity index (χ0v) is 20.8. The molecule has 0 atom stereocenters. The Labute approximate surface area is 207 Å². The van der Waals surface area contributed by atoms with Crippen LogP contribution in [0.2, 0.25) is 5.02 Å². The third-order valence-electron chi connectivity index (χ3n) is 7.46. The van der Waals surface area contributed by atoms with Crippen molar-refractivity contribution in [3.8, 4) is 17.0 Å². The van der Waals surface area contributed by atoms with E-state index in [2.05, 4.69) is 28.1 Å². The Morgan fingerprint density at radius 1 is 1.06 bits per heavy atom. The zero-order chi connectivity index (χ0) is 23.5. The molecule has 1 N–H and O–H groups in total. The van der Waals surface area contributed by atoms with Gasteiger partial charge in [-0.2, -0.15) is 0 Å². The van der Waals surface area contributed by atoms with Crippen LogP contribution < -0.4 is 9.64 Å². The number of methoxy groups -OCH3 is 1. The number of imidazole rings is 1. The van der Waals surface area contributed by atoms with Crippen LogP contribution in [0.25, 0.3) is 16.9 Å². The fourth-order valence-electron chi connectivity index (χ4n) is 5.57. The standard InChI is InChI=1S/C27H35ClN4O2/c1-34-26-14-21(19-33)23(16-24(26)28)25-18-32-11-8-22(15-27(32)29-25)31-10-5-9-30(12-13-31)17-20-6-3-2-4-7-20/h8,11,14-16,18,20,33H,2-7,9-10,12-13,17,19H2,1H3. The van der Waals surface area contributed by atoms with Gasteiger partial charge in [0, 0.05) is 55.9 Å². The first-order valence-electron chi connectivity index (χ1n) is 12.6. The van der Waals surface area contributed by atoms with E-state index in [0.717, 1.165) is 48.0 Å². The molecule has 3 heterocycles. The summed E-state index contributed by atoms with van der Waals surface area (Å²) in [6, 6.07) is 7.96. The van der Waals surface area contributed by atoms with Crippen LogP contribution in [0, 0.1) is 5.92 Å². The van der Waals surface area contributed by atoms with Crippen LogP contribution in [-0.4, -0.2) is 59.2 Å². The molecule has 34 heavy (non-hydrogen) atoms. The number of pyridine rings is 1. The first-order chi connectivity index (χ1) is 16.6. The summed E-state index contributed by atoms with van der Waals surface area (Å²) in [5.74, 6) is 1.45. The molecule has 7 heteroatoms. The summed E-state index contributed by atoms with van der Waals surface area (Å²) in [5.41, 5.74) is 4.48. The van der Waals surface area contributed by atoms with E-state index >= 15 is 0 Å². The summed E-state index contributed by atoms with van der Waals surface area (Å²) >= 11 is 6.37. The van der Waals surface area contributed by atoms with Crippen molar-refractivity contribution in [2.24, 2.45) is 5.92 Å². The number of aromatic nitrogens is 2. The minimum Gasteiger partial charge on any atom is -0.495 e. The molecule has 0 radical (unpaired) electrons. The molecule has 0 unspecified atom stereocenters. The number of hydrogen-bond donors (Lipinski definition) is 1. The Bertz CT molecular complexity index is 1130. The number of fused-ring (bicyclic) bond motifs is 1. The maximum atomic E-state index is 9.89. The van der Waals surface area contributed by atoms with Crippen LogP contribution in [0.4, 0.5) is 5.69 Å². The normalized spacial score (nSPS) is 18.4. The number of ether oxygens (including phenoxy) is 1. The molecule has 0 spiro atoms. The molecule has 182 valence electrons. The van der Waals surface area contributed by atoms with Crippen molar-refractivity contribution in [1.82, 2.24) is 14.3 Å². The lowest BCUT2D eigenvalue weighted by Crippen LogP contribution is -2.34. The molecule has 1 saturated carbocycles. The molecule has 1 saturated heterocycles. The van der Waals surface area contributed by atoms with Gasteiger partial charge in [-0.05, 0) is 55.5 Å². The molecule has 2 aliphatic rings. The Morgan fingerprint density at radius 2 is 1.91 bits per heavy atom. The predicted octanol–water partition coefficient (Wildman–Crippen LogP) is 5.25. The highest BCUT2D eigenvalue weighted by Crippen LogP contribution is 2.34. The van der Waals surface area contributed by atoms with Crippen LogP contribution in [-0.2, 0) is 6.61 Å². The Kier molecular flexibility index (Phi) is 7.28. The highest BCUT2D eigenvalue weighted by Gasteiger charge is 2.21. The Balaban J connectivity index is 1.33. The van der Waals surface area contributed by atoms with Gasteiger partial charge in [0.1, 0.15) is 11.4 Å². The molecule has 6 nitrogen and oxygen atoms in total. The number of rotatable bonds is 6. The summed E-state index contributed by atoms with van der Waals surface area (Å²) in [4.78, 5) is 10.1. The Hall–Kier alpha value is -2.28. The van der Waals surface area contributed by atoms with Crippen molar-refractivity contribution in [2.75, 3.05) is 44.7 Å². The van der Waals surface area contributed by atoms with Gasteiger partial charge in [-0.15, -0.1) is 0 Å². The van der Waals surface area contributed by atoms with Gasteiger partial charge in [-0.1, -0.05) is 30.9 Å². The molecule has 3 aromatic rings. The zero-order valence-electron chi connectivity index (χ0n) is 20.0. The SMILES string of the molecule is COc1cc(CO)c(-c2cn3ccc(N4CCCN(CC5CCCCC5)CC4)cc3n2)cc1Cl. The monoisotopic (exact) mass is 482 g/mol. The first kappa shape index (κ1) is 23.5. The molecular formula is C27H35ClN4O2. The fraction of sp³-hybridized carbons (Fsp3) is 0.519. The van der Waals surface area contributed by atoms with Gasteiger partial charge in [-0.3, -0.25) is 0 Å². The second-order valence-corrected chi connectivity index (χ2v) is 10.1. The molecule has 0 bridgehead atoms. The van der Waals surface area contributed by atoms with Crippen LogP contribution in [0.1, 0.15) is 44.1 Å². The lowest BCUT2D eigenvalue weighted by molar-refractivity contribution is 0.211. The first-order valence-corrected chi connectivity index (χ1v) is 13.0. The number of aliphatic hydroxyl groups excluding tert-OH is 1. The molecular weight excluding hydrogens is 448 g/mol. The van der Waals surface area contributed by atoms with Gasteiger partial charge < -0.3 is 24.0 Å². The van der Waals surface area contributed by atoms with Gasteiger partial charge in [0.15, 0.2) is 0 Å². The third kappa shape index (κ3) is 5.04. The molecule has 1 aliphatic carbocycles. The van der Waals surface area contributed by atoms with E-state index in [1.807, 2.05) is 16.7 Å². The smallest absolute Gasteiger partial charge is 0.139 e. The van der Waals surface area contributed by atoms with E-state index < -0.39 is 0 Å².